The molecule has 0 bridgehead atoms. The summed E-state index contributed by atoms with van der Waals surface area (Å²) >= 11 is 8.67. The number of carbonyl (C=O) groups excluding carboxylic acids is 1. The number of halogens is 2. The summed E-state index contributed by atoms with van der Waals surface area (Å²) in [4.78, 5) is 20.1. The monoisotopic (exact) mass is 650 g/mol. The molecule has 5 nitrogen and oxygen atoms in total. The molecule has 1 amide bonds. The Morgan fingerprint density at radius 1 is 0.947 bits per heavy atom. The predicted octanol–water partition coefficient (Wildman–Crippen LogP) is 8.58. The zero-order valence-electron chi connectivity index (χ0n) is 20.8. The van der Waals surface area contributed by atoms with Crippen LogP contribution in [-0.2, 0) is 11.4 Å². The molecule has 1 heterocycles. The highest BCUT2D eigenvalue weighted by atomic mass is 79.9. The van der Waals surface area contributed by atoms with Crippen LogP contribution in [0.5, 0.6) is 11.5 Å². The molecular weight excluding hydrogens is 628 g/mol. The molecule has 5 rings (SSSR count). The minimum Gasteiger partial charge on any atom is -0.497 e. The number of methoxy groups -OCH3 is 1. The van der Waals surface area contributed by atoms with Gasteiger partial charge in [0.15, 0.2) is 5.17 Å². The van der Waals surface area contributed by atoms with Crippen LogP contribution in [0.3, 0.4) is 0 Å². The van der Waals surface area contributed by atoms with Gasteiger partial charge in [-0.1, -0.05) is 36.4 Å². The molecule has 1 aliphatic rings. The first-order valence-electron chi connectivity index (χ1n) is 12.0. The second-order valence-corrected chi connectivity index (χ2v) is 11.3. The van der Waals surface area contributed by atoms with Gasteiger partial charge in [-0.3, -0.25) is 9.69 Å². The van der Waals surface area contributed by atoms with E-state index in [1.54, 1.807) is 12.0 Å². The standard InChI is InChI=1S/C30H24Br2N2O3S/c1-3-34-29(35)27(38-30(34)33-23-10-12-24(36-2)13-11-23)17-20-15-25(31)28(26(32)16-20)37-18-19-8-9-21-6-4-5-7-22(21)14-19/h4-17H,3,18H2,1-2H3/b27-17+,33-30?. The maximum absolute atomic E-state index is 13.1. The lowest BCUT2D eigenvalue weighted by atomic mass is 10.1. The summed E-state index contributed by atoms with van der Waals surface area (Å²) in [6, 6.07) is 26.0. The summed E-state index contributed by atoms with van der Waals surface area (Å²) in [6.07, 6.45) is 1.88. The Balaban J connectivity index is 1.34. The SMILES string of the molecule is CCN1C(=O)/C(=C\c2cc(Br)c(OCc3ccc4ccccc4c3)c(Br)c2)SC1=Nc1ccc(OC)cc1. The van der Waals surface area contributed by atoms with Crippen molar-refractivity contribution in [1.29, 1.82) is 0 Å². The maximum Gasteiger partial charge on any atom is 0.266 e. The van der Waals surface area contributed by atoms with Crippen molar-refractivity contribution in [3.05, 3.63) is 104 Å². The van der Waals surface area contributed by atoms with Gasteiger partial charge in [-0.05, 0) is 121 Å². The van der Waals surface area contributed by atoms with E-state index in [1.165, 1.54) is 22.5 Å². The van der Waals surface area contributed by atoms with Gasteiger partial charge < -0.3 is 9.47 Å². The van der Waals surface area contributed by atoms with Crippen LogP contribution >= 0.6 is 43.6 Å². The van der Waals surface area contributed by atoms with Crippen LogP contribution in [0, 0.1) is 0 Å². The molecule has 0 spiro atoms. The number of likely N-dealkylation sites (N-methyl/N-ethyl adjacent to an activating group) is 1. The largest absolute Gasteiger partial charge is 0.497 e. The van der Waals surface area contributed by atoms with Crippen LogP contribution in [-0.4, -0.2) is 29.6 Å². The summed E-state index contributed by atoms with van der Waals surface area (Å²) < 4.78 is 13.0. The van der Waals surface area contributed by atoms with Crippen molar-refractivity contribution in [3.8, 4) is 11.5 Å². The summed E-state index contributed by atoms with van der Waals surface area (Å²) in [7, 11) is 1.63. The second-order valence-electron chi connectivity index (χ2n) is 8.54. The lowest BCUT2D eigenvalue weighted by molar-refractivity contribution is -0.122. The van der Waals surface area contributed by atoms with E-state index in [0.717, 1.165) is 31.5 Å². The minimum absolute atomic E-state index is 0.0614. The maximum atomic E-state index is 13.1. The van der Waals surface area contributed by atoms with Crippen LogP contribution < -0.4 is 9.47 Å². The van der Waals surface area contributed by atoms with Crippen LogP contribution in [0.4, 0.5) is 5.69 Å². The topological polar surface area (TPSA) is 51.1 Å². The van der Waals surface area contributed by atoms with Gasteiger partial charge in [0.25, 0.3) is 5.91 Å². The molecule has 192 valence electrons. The molecule has 1 saturated heterocycles. The summed E-state index contributed by atoms with van der Waals surface area (Å²) in [6.45, 7) is 2.92. The Labute approximate surface area is 242 Å². The molecule has 38 heavy (non-hydrogen) atoms. The van der Waals surface area contributed by atoms with Crippen LogP contribution in [0.15, 0.2) is 97.7 Å². The van der Waals surface area contributed by atoms with E-state index in [2.05, 4.69) is 62.2 Å². The van der Waals surface area contributed by atoms with Gasteiger partial charge >= 0.3 is 0 Å². The van der Waals surface area contributed by atoms with E-state index < -0.39 is 0 Å². The number of thioether (sulfide) groups is 1. The average Bonchev–Trinajstić information content (AvgIpc) is 3.21. The van der Waals surface area contributed by atoms with Gasteiger partial charge in [-0.2, -0.15) is 0 Å². The highest BCUT2D eigenvalue weighted by Crippen LogP contribution is 2.39. The molecule has 0 N–H and O–H groups in total. The van der Waals surface area contributed by atoms with Gasteiger partial charge in [0.05, 0.1) is 26.6 Å². The molecule has 4 aromatic rings. The van der Waals surface area contributed by atoms with Crippen molar-refractivity contribution in [2.45, 2.75) is 13.5 Å². The van der Waals surface area contributed by atoms with Gasteiger partial charge in [-0.25, -0.2) is 4.99 Å². The third-order valence-electron chi connectivity index (χ3n) is 6.02. The van der Waals surface area contributed by atoms with Gasteiger partial charge in [0, 0.05) is 6.54 Å². The fraction of sp³-hybridized carbons (Fsp3) is 0.133. The molecule has 1 fully saturated rings. The first-order valence-corrected chi connectivity index (χ1v) is 14.4. The molecule has 0 aliphatic carbocycles. The summed E-state index contributed by atoms with van der Waals surface area (Å²) in [5.41, 5.74) is 2.73. The lowest BCUT2D eigenvalue weighted by Gasteiger charge is -2.12. The molecular formula is C30H24Br2N2O3S. The number of benzene rings is 4. The molecule has 0 aromatic heterocycles. The van der Waals surface area contributed by atoms with Crippen LogP contribution in [0.1, 0.15) is 18.1 Å². The zero-order valence-corrected chi connectivity index (χ0v) is 24.8. The molecule has 0 atom stereocenters. The number of hydrogen-bond acceptors (Lipinski definition) is 5. The molecule has 0 radical (unpaired) electrons. The smallest absolute Gasteiger partial charge is 0.266 e. The van der Waals surface area contributed by atoms with E-state index in [1.807, 2.05) is 61.5 Å². The Bertz CT molecular complexity index is 1540. The van der Waals surface area contributed by atoms with Crippen LogP contribution in [0.2, 0.25) is 0 Å². The van der Waals surface area contributed by atoms with Crippen LogP contribution in [0.25, 0.3) is 16.8 Å². The van der Waals surface area contributed by atoms with E-state index in [9.17, 15) is 4.79 Å². The Morgan fingerprint density at radius 2 is 1.66 bits per heavy atom. The molecule has 0 unspecified atom stereocenters. The zero-order chi connectivity index (χ0) is 26.6. The molecule has 4 aromatic carbocycles. The highest BCUT2D eigenvalue weighted by molar-refractivity contribution is 9.11. The Hall–Kier alpha value is -3.07. The molecule has 0 saturated carbocycles. The number of amides is 1. The first kappa shape index (κ1) is 26.5. The molecule has 8 heteroatoms. The Morgan fingerprint density at radius 3 is 2.34 bits per heavy atom. The molecule has 1 aliphatic heterocycles. The minimum atomic E-state index is -0.0614. The third-order valence-corrected chi connectivity index (χ3v) is 8.20. The summed E-state index contributed by atoms with van der Waals surface area (Å²) in [5.74, 6) is 1.41. The average molecular weight is 652 g/mol. The summed E-state index contributed by atoms with van der Waals surface area (Å²) in [5, 5.41) is 3.04. The van der Waals surface area contributed by atoms with Gasteiger partial charge in [-0.15, -0.1) is 0 Å². The van der Waals surface area contributed by atoms with Crippen molar-refractivity contribution in [1.82, 2.24) is 4.90 Å². The number of nitrogens with zero attached hydrogens (tertiary/aromatic N) is 2. The fourth-order valence-corrected chi connectivity index (χ4v) is 6.59. The predicted molar refractivity (Wildman–Crippen MR) is 163 cm³/mol. The number of aliphatic imine (C=N–C) groups is 1. The second kappa shape index (κ2) is 11.8. The number of hydrogen-bond donors (Lipinski definition) is 0. The number of carbonyl (C=O) groups is 1. The Kier molecular flexibility index (Phi) is 8.21. The van der Waals surface area contributed by atoms with Crippen molar-refractivity contribution in [3.63, 3.8) is 0 Å². The van der Waals surface area contributed by atoms with E-state index in [0.29, 0.717) is 29.0 Å². The van der Waals surface area contributed by atoms with Gasteiger partial charge in [0.1, 0.15) is 18.1 Å². The van der Waals surface area contributed by atoms with Gasteiger partial charge in [0.2, 0.25) is 0 Å². The van der Waals surface area contributed by atoms with Crippen molar-refractivity contribution >= 4 is 77.2 Å². The number of ether oxygens (including phenoxy) is 2. The number of fused-ring (bicyclic) bond motifs is 1. The lowest BCUT2D eigenvalue weighted by Crippen LogP contribution is -2.28. The number of rotatable bonds is 7. The number of amidine groups is 1. The highest BCUT2D eigenvalue weighted by Gasteiger charge is 2.32. The fourth-order valence-electron chi connectivity index (χ4n) is 4.07. The van der Waals surface area contributed by atoms with Crippen molar-refractivity contribution < 1.29 is 14.3 Å². The van der Waals surface area contributed by atoms with Crippen molar-refractivity contribution in [2.24, 2.45) is 4.99 Å². The quantitative estimate of drug-likeness (QED) is 0.188. The first-order chi connectivity index (χ1) is 18.4. The third kappa shape index (κ3) is 5.82. The van der Waals surface area contributed by atoms with E-state index in [4.69, 9.17) is 14.5 Å². The van der Waals surface area contributed by atoms with E-state index in [-0.39, 0.29) is 5.91 Å². The van der Waals surface area contributed by atoms with E-state index >= 15 is 0 Å². The normalized spacial score (nSPS) is 15.6. The van der Waals surface area contributed by atoms with Crippen molar-refractivity contribution in [2.75, 3.05) is 13.7 Å².